The molecule has 3 rings (SSSR count). The summed E-state index contributed by atoms with van der Waals surface area (Å²) in [7, 11) is 0. The number of amides is 2. The molecule has 8 heteroatoms. The Kier molecular flexibility index (Phi) is 6.79. The average Bonchev–Trinajstić information content (AvgIpc) is 3.02. The van der Waals surface area contributed by atoms with Gasteiger partial charge in [-0.25, -0.2) is 0 Å². The number of nitrogens with one attached hydrogen (secondary N) is 1. The van der Waals surface area contributed by atoms with E-state index in [0.717, 1.165) is 17.5 Å². The van der Waals surface area contributed by atoms with Crippen LogP contribution in [-0.4, -0.2) is 34.6 Å². The molecule has 0 spiro atoms. The van der Waals surface area contributed by atoms with E-state index < -0.39 is 11.8 Å². The maximum atomic E-state index is 12.0. The third kappa shape index (κ3) is 5.02. The molecule has 30 heavy (non-hydrogen) atoms. The summed E-state index contributed by atoms with van der Waals surface area (Å²) < 4.78 is 7.10. The van der Waals surface area contributed by atoms with Gasteiger partial charge in [0.1, 0.15) is 12.3 Å². The van der Waals surface area contributed by atoms with Crippen LogP contribution in [0.1, 0.15) is 18.9 Å². The molecule has 3 aromatic rings. The molecule has 2 amide bonds. The van der Waals surface area contributed by atoms with Gasteiger partial charge in [-0.05, 0) is 31.5 Å². The van der Waals surface area contributed by atoms with Gasteiger partial charge in [-0.1, -0.05) is 42.8 Å². The van der Waals surface area contributed by atoms with E-state index in [0.29, 0.717) is 17.7 Å². The van der Waals surface area contributed by atoms with Crippen molar-refractivity contribution in [2.24, 2.45) is 10.2 Å². The van der Waals surface area contributed by atoms with Crippen molar-refractivity contribution in [2.45, 2.75) is 26.8 Å². The lowest BCUT2D eigenvalue weighted by molar-refractivity contribution is -0.126. The molecule has 0 saturated carbocycles. The minimum Gasteiger partial charge on any atom is -0.493 e. The Morgan fingerprint density at radius 1 is 1.13 bits per heavy atom. The van der Waals surface area contributed by atoms with Gasteiger partial charge >= 0.3 is 0 Å². The van der Waals surface area contributed by atoms with Crippen LogP contribution in [0.3, 0.4) is 0 Å². The molecule has 2 aromatic carbocycles. The number of aromatic nitrogens is 1. The second kappa shape index (κ2) is 9.69. The number of aryl methyl sites for hydroxylation is 2. The summed E-state index contributed by atoms with van der Waals surface area (Å²) in [5.74, 6) is -0.544. The molecule has 0 aliphatic heterocycles. The van der Waals surface area contributed by atoms with Crippen LogP contribution < -0.4 is 10.1 Å². The molecule has 0 aliphatic carbocycles. The molecular weight excluding hydrogens is 384 g/mol. The molecule has 0 unspecified atom stereocenters. The summed E-state index contributed by atoms with van der Waals surface area (Å²) in [6.45, 7) is 4.06. The van der Waals surface area contributed by atoms with Crippen LogP contribution in [0.15, 0.2) is 58.8 Å². The largest absolute Gasteiger partial charge is 0.493 e. The van der Waals surface area contributed by atoms with E-state index in [1.165, 1.54) is 0 Å². The SMILES string of the molecule is CCCn1c(O)c(N=NC(=O)CNC(=O)COc2ccc(C)cc2)c2ccccc21. The quantitative estimate of drug-likeness (QED) is 0.552. The number of hydrogen-bond acceptors (Lipinski definition) is 5. The van der Waals surface area contributed by atoms with Crippen molar-refractivity contribution in [1.82, 2.24) is 9.88 Å². The van der Waals surface area contributed by atoms with Crippen LogP contribution in [0.5, 0.6) is 11.6 Å². The van der Waals surface area contributed by atoms with Crippen molar-refractivity contribution in [1.29, 1.82) is 0 Å². The number of azo groups is 1. The molecule has 2 N–H and O–H groups in total. The highest BCUT2D eigenvalue weighted by molar-refractivity contribution is 5.95. The van der Waals surface area contributed by atoms with Gasteiger partial charge in [-0.2, -0.15) is 0 Å². The fraction of sp³-hybridized carbons (Fsp3) is 0.273. The first kappa shape index (κ1) is 21.0. The van der Waals surface area contributed by atoms with Gasteiger partial charge in [0.25, 0.3) is 11.8 Å². The number of aromatic hydroxyl groups is 1. The van der Waals surface area contributed by atoms with Crippen LogP contribution in [0.25, 0.3) is 10.9 Å². The first-order chi connectivity index (χ1) is 14.5. The van der Waals surface area contributed by atoms with Crippen LogP contribution in [0.4, 0.5) is 5.69 Å². The summed E-state index contributed by atoms with van der Waals surface area (Å²) in [5, 5.41) is 21.2. The maximum Gasteiger partial charge on any atom is 0.283 e. The standard InChI is InChI=1S/C22H24N4O4/c1-3-12-26-18-7-5-4-6-17(18)21(22(26)29)25-24-19(27)13-23-20(28)14-30-16-10-8-15(2)9-11-16/h4-11,29H,3,12-14H2,1-2H3,(H,23,28). The summed E-state index contributed by atoms with van der Waals surface area (Å²) in [5.41, 5.74) is 2.15. The molecule has 0 aliphatic rings. The lowest BCUT2D eigenvalue weighted by atomic mass is 10.2. The van der Waals surface area contributed by atoms with Crippen LogP contribution in [0.2, 0.25) is 0 Å². The van der Waals surface area contributed by atoms with E-state index in [-0.39, 0.29) is 24.7 Å². The fourth-order valence-corrected chi connectivity index (χ4v) is 2.97. The van der Waals surface area contributed by atoms with Crippen molar-refractivity contribution in [3.8, 4) is 11.6 Å². The van der Waals surface area contributed by atoms with Gasteiger partial charge in [0.2, 0.25) is 5.88 Å². The van der Waals surface area contributed by atoms with E-state index in [2.05, 4.69) is 15.5 Å². The Morgan fingerprint density at radius 3 is 2.60 bits per heavy atom. The predicted octanol–water partition coefficient (Wildman–Crippen LogP) is 3.87. The second-order valence-corrected chi connectivity index (χ2v) is 6.81. The van der Waals surface area contributed by atoms with Crippen LogP contribution in [-0.2, 0) is 16.1 Å². The number of carbonyl (C=O) groups is 2. The minimum atomic E-state index is -0.634. The normalized spacial score (nSPS) is 11.1. The summed E-state index contributed by atoms with van der Waals surface area (Å²) in [4.78, 5) is 23.9. The number of fused-ring (bicyclic) bond motifs is 1. The zero-order valence-electron chi connectivity index (χ0n) is 17.0. The van der Waals surface area contributed by atoms with Gasteiger partial charge in [0.05, 0.1) is 5.52 Å². The number of para-hydroxylation sites is 1. The highest BCUT2D eigenvalue weighted by Gasteiger charge is 2.16. The predicted molar refractivity (Wildman–Crippen MR) is 113 cm³/mol. The maximum absolute atomic E-state index is 12.0. The van der Waals surface area contributed by atoms with Crippen molar-refractivity contribution < 1.29 is 19.4 Å². The minimum absolute atomic E-state index is 0.0369. The highest BCUT2D eigenvalue weighted by Crippen LogP contribution is 2.38. The monoisotopic (exact) mass is 408 g/mol. The number of rotatable bonds is 8. The summed E-state index contributed by atoms with van der Waals surface area (Å²) in [6, 6.07) is 14.7. The molecular formula is C22H24N4O4. The van der Waals surface area contributed by atoms with E-state index in [4.69, 9.17) is 4.74 Å². The molecule has 1 heterocycles. The smallest absolute Gasteiger partial charge is 0.283 e. The average molecular weight is 408 g/mol. The zero-order chi connectivity index (χ0) is 21.5. The summed E-state index contributed by atoms with van der Waals surface area (Å²) in [6.07, 6.45) is 0.832. The molecule has 0 radical (unpaired) electrons. The Labute approximate surface area is 174 Å². The van der Waals surface area contributed by atoms with Crippen LogP contribution in [0, 0.1) is 6.92 Å². The second-order valence-electron chi connectivity index (χ2n) is 6.81. The molecule has 156 valence electrons. The lowest BCUT2D eigenvalue weighted by Crippen LogP contribution is -2.32. The van der Waals surface area contributed by atoms with Gasteiger partial charge in [-0.15, -0.1) is 10.2 Å². The zero-order valence-corrected chi connectivity index (χ0v) is 17.0. The molecule has 1 aromatic heterocycles. The van der Waals surface area contributed by atoms with Gasteiger partial charge in [0.15, 0.2) is 12.3 Å². The molecule has 8 nitrogen and oxygen atoms in total. The molecule has 0 fully saturated rings. The molecule has 0 saturated heterocycles. The number of benzene rings is 2. The van der Waals surface area contributed by atoms with Crippen molar-refractivity contribution >= 4 is 28.4 Å². The van der Waals surface area contributed by atoms with Gasteiger partial charge in [-0.3, -0.25) is 9.59 Å². The number of carbonyl (C=O) groups excluding carboxylic acids is 2. The molecule has 0 atom stereocenters. The van der Waals surface area contributed by atoms with E-state index >= 15 is 0 Å². The van der Waals surface area contributed by atoms with E-state index in [1.807, 2.05) is 50.2 Å². The third-order valence-corrected chi connectivity index (χ3v) is 4.45. The Hall–Kier alpha value is -3.68. The number of nitrogens with zero attached hydrogens (tertiary/aromatic N) is 3. The Morgan fingerprint density at radius 2 is 1.87 bits per heavy atom. The first-order valence-corrected chi connectivity index (χ1v) is 9.70. The van der Waals surface area contributed by atoms with Crippen LogP contribution >= 0.6 is 0 Å². The van der Waals surface area contributed by atoms with Gasteiger partial charge in [0, 0.05) is 11.9 Å². The van der Waals surface area contributed by atoms with E-state index in [9.17, 15) is 14.7 Å². The topological polar surface area (TPSA) is 105 Å². The van der Waals surface area contributed by atoms with Gasteiger partial charge < -0.3 is 19.7 Å². The van der Waals surface area contributed by atoms with E-state index in [1.54, 1.807) is 16.7 Å². The third-order valence-electron chi connectivity index (χ3n) is 4.45. The van der Waals surface area contributed by atoms with Crippen molar-refractivity contribution in [3.05, 3.63) is 54.1 Å². The lowest BCUT2D eigenvalue weighted by Gasteiger charge is -2.06. The molecule has 0 bridgehead atoms. The van der Waals surface area contributed by atoms with Crippen molar-refractivity contribution in [3.63, 3.8) is 0 Å². The number of hydrogen-bond donors (Lipinski definition) is 2. The fourth-order valence-electron chi connectivity index (χ4n) is 2.97. The highest BCUT2D eigenvalue weighted by atomic mass is 16.5. The Bertz CT molecular complexity index is 1070. The first-order valence-electron chi connectivity index (χ1n) is 9.70. The Balaban J connectivity index is 1.58. The van der Waals surface area contributed by atoms with Crippen molar-refractivity contribution in [2.75, 3.05) is 13.2 Å². The summed E-state index contributed by atoms with van der Waals surface area (Å²) >= 11 is 0. The number of ether oxygens (including phenoxy) is 1.